The molecule has 0 N–H and O–H groups in total. The molecule has 0 atom stereocenters. The van der Waals surface area contributed by atoms with Gasteiger partial charge in [0.05, 0.1) is 6.20 Å². The van der Waals surface area contributed by atoms with E-state index in [9.17, 15) is 0 Å². The first kappa shape index (κ1) is 17.2. The lowest BCUT2D eigenvalue weighted by molar-refractivity contribution is 0.248. The molecular weight excluding hydrogens is 324 g/mol. The topological polar surface area (TPSA) is 48.4 Å². The Morgan fingerprint density at radius 1 is 0.923 bits per heavy atom. The Hall–Kier alpha value is -2.21. The van der Waals surface area contributed by atoms with Crippen LogP contribution in [0, 0.1) is 5.92 Å². The van der Waals surface area contributed by atoms with E-state index in [-0.39, 0.29) is 0 Å². The molecule has 1 aromatic carbocycles. The predicted molar refractivity (Wildman–Crippen MR) is 104 cm³/mol. The molecule has 0 spiro atoms. The van der Waals surface area contributed by atoms with E-state index in [4.69, 9.17) is 4.98 Å². The van der Waals surface area contributed by atoms with E-state index in [0.717, 1.165) is 63.5 Å². The third-order valence-electron chi connectivity index (χ3n) is 5.55. The molecule has 0 bridgehead atoms. The molecule has 138 valence electrons. The molecule has 1 aromatic heterocycles. The van der Waals surface area contributed by atoms with E-state index in [1.165, 1.54) is 18.4 Å². The van der Waals surface area contributed by atoms with Gasteiger partial charge >= 0.3 is 0 Å². The number of benzene rings is 1. The highest BCUT2D eigenvalue weighted by Crippen LogP contribution is 2.22. The third-order valence-corrected chi connectivity index (χ3v) is 5.55. The maximum absolute atomic E-state index is 4.81. The van der Waals surface area contributed by atoms with Crippen LogP contribution >= 0.6 is 0 Å². The fourth-order valence-corrected chi connectivity index (χ4v) is 3.76. The van der Waals surface area contributed by atoms with E-state index >= 15 is 0 Å². The highest BCUT2D eigenvalue weighted by molar-refractivity contribution is 5.42. The van der Waals surface area contributed by atoms with Crippen LogP contribution in [0.1, 0.15) is 25.3 Å². The minimum Gasteiger partial charge on any atom is -0.355 e. The number of aromatic nitrogens is 3. The van der Waals surface area contributed by atoms with Crippen LogP contribution in [0.15, 0.2) is 36.5 Å². The zero-order valence-corrected chi connectivity index (χ0v) is 15.6. The van der Waals surface area contributed by atoms with Gasteiger partial charge in [0.25, 0.3) is 0 Å². The maximum Gasteiger partial charge on any atom is 0.247 e. The molecule has 26 heavy (non-hydrogen) atoms. The third kappa shape index (κ3) is 4.12. The van der Waals surface area contributed by atoms with Gasteiger partial charge in [0.2, 0.25) is 5.95 Å². The summed E-state index contributed by atoms with van der Waals surface area (Å²) in [6.07, 6.45) is 4.28. The van der Waals surface area contributed by atoms with Crippen LogP contribution in [0.3, 0.4) is 0 Å². The predicted octanol–water partition coefficient (Wildman–Crippen LogP) is 2.43. The summed E-state index contributed by atoms with van der Waals surface area (Å²) in [5, 5.41) is 8.53. The molecule has 0 amide bonds. The highest BCUT2D eigenvalue weighted by Gasteiger charge is 2.22. The lowest BCUT2D eigenvalue weighted by Gasteiger charge is -2.35. The van der Waals surface area contributed by atoms with E-state index < -0.39 is 0 Å². The summed E-state index contributed by atoms with van der Waals surface area (Å²) in [6.45, 7) is 9.46. The zero-order chi connectivity index (χ0) is 17.8. The number of anilines is 2. The van der Waals surface area contributed by atoms with Crippen LogP contribution in [0.5, 0.6) is 0 Å². The van der Waals surface area contributed by atoms with Crippen molar-refractivity contribution < 1.29 is 0 Å². The Bertz CT molecular complexity index is 690. The van der Waals surface area contributed by atoms with Gasteiger partial charge in [0, 0.05) is 45.8 Å². The lowest BCUT2D eigenvalue weighted by atomic mass is 9.99. The minimum atomic E-state index is 0.778. The SMILES string of the molecule is CC1CCN(c2cnnc(N3CCN(Cc4ccccc4)CC3)n2)CC1. The van der Waals surface area contributed by atoms with Crippen molar-refractivity contribution in [3.8, 4) is 0 Å². The van der Waals surface area contributed by atoms with Crippen molar-refractivity contribution in [2.24, 2.45) is 5.92 Å². The molecule has 0 unspecified atom stereocenters. The summed E-state index contributed by atoms with van der Waals surface area (Å²) in [4.78, 5) is 11.9. The molecule has 4 rings (SSSR count). The van der Waals surface area contributed by atoms with Crippen LogP contribution in [0.25, 0.3) is 0 Å². The quantitative estimate of drug-likeness (QED) is 0.842. The molecule has 2 fully saturated rings. The van der Waals surface area contributed by atoms with Crippen molar-refractivity contribution in [2.75, 3.05) is 49.1 Å². The molecule has 6 nitrogen and oxygen atoms in total. The molecule has 0 aliphatic carbocycles. The number of rotatable bonds is 4. The summed E-state index contributed by atoms with van der Waals surface area (Å²) in [5.74, 6) is 2.58. The highest BCUT2D eigenvalue weighted by atomic mass is 15.4. The van der Waals surface area contributed by atoms with Crippen LogP contribution in [-0.4, -0.2) is 59.3 Å². The van der Waals surface area contributed by atoms with Gasteiger partial charge in [-0.25, -0.2) is 0 Å². The molecule has 2 aliphatic rings. The molecule has 2 aliphatic heterocycles. The summed E-state index contributed by atoms with van der Waals surface area (Å²) in [6, 6.07) is 10.7. The number of piperazine rings is 1. The molecule has 2 saturated heterocycles. The summed E-state index contributed by atoms with van der Waals surface area (Å²) < 4.78 is 0. The fraction of sp³-hybridized carbons (Fsp3) is 0.550. The minimum absolute atomic E-state index is 0.778. The first-order chi connectivity index (χ1) is 12.8. The van der Waals surface area contributed by atoms with Gasteiger partial charge in [0.1, 0.15) is 0 Å². The van der Waals surface area contributed by atoms with Gasteiger partial charge in [0.15, 0.2) is 5.82 Å². The summed E-state index contributed by atoms with van der Waals surface area (Å²) in [7, 11) is 0. The zero-order valence-electron chi connectivity index (χ0n) is 15.6. The van der Waals surface area contributed by atoms with Gasteiger partial charge in [-0.05, 0) is 24.3 Å². The van der Waals surface area contributed by atoms with Crippen molar-refractivity contribution in [1.82, 2.24) is 20.1 Å². The number of hydrogen-bond donors (Lipinski definition) is 0. The fourth-order valence-electron chi connectivity index (χ4n) is 3.76. The van der Waals surface area contributed by atoms with Crippen molar-refractivity contribution in [3.05, 3.63) is 42.1 Å². The Labute approximate surface area is 155 Å². The van der Waals surface area contributed by atoms with Crippen molar-refractivity contribution in [3.63, 3.8) is 0 Å². The number of nitrogens with zero attached hydrogens (tertiary/aromatic N) is 6. The van der Waals surface area contributed by atoms with Crippen LogP contribution in [-0.2, 0) is 6.54 Å². The standard InChI is InChI=1S/C20H28N6/c1-17-7-9-25(10-8-17)19-15-21-23-20(22-19)26-13-11-24(12-14-26)16-18-5-3-2-4-6-18/h2-6,15,17H,7-14,16H2,1H3. The maximum atomic E-state index is 4.81. The second-order valence-corrected chi connectivity index (χ2v) is 7.53. The van der Waals surface area contributed by atoms with E-state index in [1.54, 1.807) is 0 Å². The normalized spacial score (nSPS) is 19.7. The van der Waals surface area contributed by atoms with E-state index in [1.807, 2.05) is 6.20 Å². The van der Waals surface area contributed by atoms with Crippen LogP contribution in [0.2, 0.25) is 0 Å². The number of piperidine rings is 1. The Morgan fingerprint density at radius 2 is 1.65 bits per heavy atom. The Morgan fingerprint density at radius 3 is 2.38 bits per heavy atom. The largest absolute Gasteiger partial charge is 0.355 e. The molecule has 6 heteroatoms. The van der Waals surface area contributed by atoms with Crippen molar-refractivity contribution >= 4 is 11.8 Å². The second kappa shape index (κ2) is 7.99. The van der Waals surface area contributed by atoms with Gasteiger partial charge in [-0.2, -0.15) is 10.1 Å². The smallest absolute Gasteiger partial charge is 0.247 e. The van der Waals surface area contributed by atoms with E-state index in [0.29, 0.717) is 0 Å². The molecule has 0 saturated carbocycles. The average Bonchev–Trinajstić information content (AvgIpc) is 2.70. The molecule has 3 heterocycles. The van der Waals surface area contributed by atoms with Gasteiger partial charge in [-0.1, -0.05) is 37.3 Å². The monoisotopic (exact) mass is 352 g/mol. The molecule has 0 radical (unpaired) electrons. The average molecular weight is 352 g/mol. The summed E-state index contributed by atoms with van der Waals surface area (Å²) in [5.41, 5.74) is 1.38. The van der Waals surface area contributed by atoms with E-state index in [2.05, 4.69) is 62.2 Å². The Balaban J connectivity index is 1.35. The van der Waals surface area contributed by atoms with Gasteiger partial charge < -0.3 is 9.80 Å². The molecular formula is C20H28N6. The first-order valence-electron chi connectivity index (χ1n) is 9.74. The van der Waals surface area contributed by atoms with Crippen LogP contribution < -0.4 is 9.80 Å². The second-order valence-electron chi connectivity index (χ2n) is 7.53. The van der Waals surface area contributed by atoms with Gasteiger partial charge in [-0.15, -0.1) is 5.10 Å². The number of hydrogen-bond acceptors (Lipinski definition) is 6. The lowest BCUT2D eigenvalue weighted by Crippen LogP contribution is -2.46. The molecule has 2 aromatic rings. The first-order valence-corrected chi connectivity index (χ1v) is 9.74. The van der Waals surface area contributed by atoms with Gasteiger partial charge in [-0.3, -0.25) is 4.90 Å². The summed E-state index contributed by atoms with van der Waals surface area (Å²) >= 11 is 0. The van der Waals surface area contributed by atoms with Crippen molar-refractivity contribution in [2.45, 2.75) is 26.3 Å². The van der Waals surface area contributed by atoms with Crippen molar-refractivity contribution in [1.29, 1.82) is 0 Å². The Kier molecular flexibility index (Phi) is 5.29. The van der Waals surface area contributed by atoms with Crippen LogP contribution in [0.4, 0.5) is 11.8 Å².